The van der Waals surface area contributed by atoms with Gasteiger partial charge >= 0.3 is 0 Å². The molecular weight excluding hydrogens is 256 g/mol. The van der Waals surface area contributed by atoms with Gasteiger partial charge < -0.3 is 5.11 Å². The quantitative estimate of drug-likeness (QED) is 0.461. The molecule has 0 aliphatic carbocycles. The molecule has 4 aromatic rings. The summed E-state index contributed by atoms with van der Waals surface area (Å²) in [4.78, 5) is 0. The van der Waals surface area contributed by atoms with Crippen molar-refractivity contribution in [1.29, 1.82) is 0 Å². The Balaban J connectivity index is 2.16. The monoisotopic (exact) mass is 270 g/mol. The third kappa shape index (κ3) is 1.86. The van der Waals surface area contributed by atoms with Gasteiger partial charge in [0.1, 0.15) is 5.75 Å². The Kier molecular flexibility index (Phi) is 2.65. The molecule has 21 heavy (non-hydrogen) atoms. The number of fused-ring (bicyclic) bond motifs is 3. The van der Waals surface area contributed by atoms with E-state index in [-0.39, 0.29) is 0 Å². The van der Waals surface area contributed by atoms with E-state index in [0.29, 0.717) is 5.75 Å². The summed E-state index contributed by atoms with van der Waals surface area (Å²) in [5.74, 6) is 0.323. The highest BCUT2D eigenvalue weighted by Crippen LogP contribution is 2.38. The van der Waals surface area contributed by atoms with Gasteiger partial charge in [0.05, 0.1) is 0 Å². The fraction of sp³-hybridized carbons (Fsp3) is 0. The number of benzene rings is 4. The summed E-state index contributed by atoms with van der Waals surface area (Å²) >= 11 is 0. The lowest BCUT2D eigenvalue weighted by atomic mass is 9.94. The van der Waals surface area contributed by atoms with Crippen LogP contribution in [0.2, 0.25) is 0 Å². The van der Waals surface area contributed by atoms with Crippen LogP contribution in [-0.4, -0.2) is 5.11 Å². The van der Waals surface area contributed by atoms with Crippen LogP contribution in [0.25, 0.3) is 32.7 Å². The Morgan fingerprint density at radius 3 is 2.10 bits per heavy atom. The van der Waals surface area contributed by atoms with E-state index in [1.165, 1.54) is 16.2 Å². The van der Waals surface area contributed by atoms with Gasteiger partial charge in [0, 0.05) is 5.56 Å². The van der Waals surface area contributed by atoms with Crippen LogP contribution in [0.5, 0.6) is 5.75 Å². The molecule has 4 aromatic carbocycles. The fourth-order valence-corrected chi connectivity index (χ4v) is 2.98. The van der Waals surface area contributed by atoms with Crippen LogP contribution < -0.4 is 0 Å². The van der Waals surface area contributed by atoms with Gasteiger partial charge in [-0.1, -0.05) is 72.8 Å². The van der Waals surface area contributed by atoms with E-state index in [9.17, 15) is 5.11 Å². The number of phenolic OH excluding ortho intramolecular Hbond substituents is 1. The summed E-state index contributed by atoms with van der Waals surface area (Å²) in [5, 5.41) is 15.0. The molecule has 0 heterocycles. The first-order chi connectivity index (χ1) is 10.3. The lowest BCUT2D eigenvalue weighted by molar-refractivity contribution is 0.478. The van der Waals surface area contributed by atoms with Crippen LogP contribution >= 0.6 is 0 Å². The second-order valence-electron chi connectivity index (χ2n) is 5.21. The highest BCUT2D eigenvalue weighted by molar-refractivity contribution is 6.13. The molecule has 0 fully saturated rings. The number of rotatable bonds is 1. The van der Waals surface area contributed by atoms with Crippen molar-refractivity contribution in [2.45, 2.75) is 0 Å². The van der Waals surface area contributed by atoms with Crippen LogP contribution in [0.4, 0.5) is 0 Å². The van der Waals surface area contributed by atoms with Gasteiger partial charge in [-0.3, -0.25) is 0 Å². The molecule has 0 saturated heterocycles. The molecular formula is C20H14O. The predicted molar refractivity (Wildman–Crippen MR) is 88.6 cm³/mol. The minimum atomic E-state index is 0.323. The van der Waals surface area contributed by atoms with Crippen LogP contribution in [0.1, 0.15) is 0 Å². The molecule has 4 rings (SSSR count). The van der Waals surface area contributed by atoms with Crippen molar-refractivity contribution in [3.63, 3.8) is 0 Å². The average molecular weight is 270 g/mol. The second-order valence-corrected chi connectivity index (χ2v) is 5.21. The molecule has 0 bridgehead atoms. The van der Waals surface area contributed by atoms with Gasteiger partial charge in [-0.05, 0) is 33.2 Å². The molecule has 1 N–H and O–H groups in total. The first kappa shape index (κ1) is 12.0. The average Bonchev–Trinajstić information content (AvgIpc) is 2.55. The van der Waals surface area contributed by atoms with Crippen molar-refractivity contribution in [1.82, 2.24) is 0 Å². The van der Waals surface area contributed by atoms with Crippen molar-refractivity contribution < 1.29 is 5.11 Å². The molecule has 0 aliphatic rings. The van der Waals surface area contributed by atoms with Crippen molar-refractivity contribution in [2.75, 3.05) is 0 Å². The topological polar surface area (TPSA) is 20.2 Å². The highest BCUT2D eigenvalue weighted by Gasteiger charge is 2.10. The standard InChI is InChI=1S/C20H14O/c21-19-13-12-17-16-9-5-4-6-14(16)10-11-18(17)20(19)15-7-2-1-3-8-15/h1-13,21H. The van der Waals surface area contributed by atoms with Gasteiger partial charge in [0.25, 0.3) is 0 Å². The molecule has 0 unspecified atom stereocenters. The van der Waals surface area contributed by atoms with Crippen LogP contribution in [0, 0.1) is 0 Å². The van der Waals surface area contributed by atoms with Gasteiger partial charge in [-0.2, -0.15) is 0 Å². The SMILES string of the molecule is Oc1ccc2c(ccc3ccccc32)c1-c1ccccc1. The van der Waals surface area contributed by atoms with E-state index in [1.54, 1.807) is 6.07 Å². The molecule has 0 atom stereocenters. The van der Waals surface area contributed by atoms with E-state index in [4.69, 9.17) is 0 Å². The smallest absolute Gasteiger partial charge is 0.124 e. The zero-order valence-electron chi connectivity index (χ0n) is 11.5. The molecule has 100 valence electrons. The molecule has 0 aliphatic heterocycles. The lowest BCUT2D eigenvalue weighted by Gasteiger charge is -2.11. The van der Waals surface area contributed by atoms with Crippen molar-refractivity contribution in [3.05, 3.63) is 78.9 Å². The third-order valence-corrected chi connectivity index (χ3v) is 3.97. The van der Waals surface area contributed by atoms with Crippen molar-refractivity contribution in [2.24, 2.45) is 0 Å². The predicted octanol–water partition coefficient (Wildman–Crippen LogP) is 5.37. The maximum Gasteiger partial charge on any atom is 0.124 e. The minimum absolute atomic E-state index is 0.323. The maximum atomic E-state index is 10.3. The number of hydrogen-bond donors (Lipinski definition) is 1. The summed E-state index contributed by atoms with van der Waals surface area (Å²) in [5.41, 5.74) is 1.94. The van der Waals surface area contributed by atoms with E-state index < -0.39 is 0 Å². The fourth-order valence-electron chi connectivity index (χ4n) is 2.98. The Hall–Kier alpha value is -2.80. The van der Waals surface area contributed by atoms with Gasteiger partial charge in [0.2, 0.25) is 0 Å². The Bertz CT molecular complexity index is 940. The van der Waals surface area contributed by atoms with Crippen LogP contribution in [-0.2, 0) is 0 Å². The van der Waals surface area contributed by atoms with E-state index in [2.05, 4.69) is 30.3 Å². The summed E-state index contributed by atoms with van der Waals surface area (Å²) in [6.45, 7) is 0. The van der Waals surface area contributed by atoms with Crippen LogP contribution in [0.15, 0.2) is 78.9 Å². The zero-order valence-corrected chi connectivity index (χ0v) is 11.5. The molecule has 0 aromatic heterocycles. The molecule has 0 radical (unpaired) electrons. The number of hydrogen-bond acceptors (Lipinski definition) is 1. The summed E-state index contributed by atoms with van der Waals surface area (Å²) in [7, 11) is 0. The first-order valence-corrected chi connectivity index (χ1v) is 7.03. The molecule has 1 heteroatoms. The van der Waals surface area contributed by atoms with Gasteiger partial charge in [0.15, 0.2) is 0 Å². The minimum Gasteiger partial charge on any atom is -0.507 e. The zero-order chi connectivity index (χ0) is 14.2. The lowest BCUT2D eigenvalue weighted by Crippen LogP contribution is -1.84. The van der Waals surface area contributed by atoms with Crippen LogP contribution in [0.3, 0.4) is 0 Å². The molecule has 1 nitrogen and oxygen atoms in total. The largest absolute Gasteiger partial charge is 0.507 e. The van der Waals surface area contributed by atoms with E-state index in [0.717, 1.165) is 16.5 Å². The Labute approximate surface area is 123 Å². The summed E-state index contributed by atoms with van der Waals surface area (Å²) in [6.07, 6.45) is 0. The second kappa shape index (κ2) is 4.64. The molecule has 0 spiro atoms. The Morgan fingerprint density at radius 2 is 1.24 bits per heavy atom. The first-order valence-electron chi connectivity index (χ1n) is 7.03. The van der Waals surface area contributed by atoms with Gasteiger partial charge in [-0.15, -0.1) is 0 Å². The van der Waals surface area contributed by atoms with Crippen molar-refractivity contribution >= 4 is 21.5 Å². The maximum absolute atomic E-state index is 10.3. The van der Waals surface area contributed by atoms with E-state index >= 15 is 0 Å². The summed E-state index contributed by atoms with van der Waals surface area (Å²) < 4.78 is 0. The number of phenols is 1. The third-order valence-electron chi connectivity index (χ3n) is 3.97. The molecule has 0 amide bonds. The number of aromatic hydroxyl groups is 1. The summed E-state index contributed by atoms with van der Waals surface area (Å²) in [6, 6.07) is 26.4. The van der Waals surface area contributed by atoms with E-state index in [1.807, 2.05) is 42.5 Å². The normalized spacial score (nSPS) is 11.0. The molecule has 0 saturated carbocycles. The van der Waals surface area contributed by atoms with Crippen molar-refractivity contribution in [3.8, 4) is 16.9 Å². The van der Waals surface area contributed by atoms with Gasteiger partial charge in [-0.25, -0.2) is 0 Å². The Morgan fingerprint density at radius 1 is 0.524 bits per heavy atom. The highest BCUT2D eigenvalue weighted by atomic mass is 16.3.